The molecule has 4 nitrogen and oxygen atoms in total. The average Bonchev–Trinajstić information content (AvgIpc) is 3.13. The molecule has 2 aromatic carbocycles. The Morgan fingerprint density at radius 3 is 2.32 bits per heavy atom. The van der Waals surface area contributed by atoms with Gasteiger partial charge < -0.3 is 8.92 Å². The van der Waals surface area contributed by atoms with E-state index in [0.29, 0.717) is 11.3 Å². The molecule has 0 spiro atoms. The van der Waals surface area contributed by atoms with Crippen molar-refractivity contribution in [3.8, 4) is 5.75 Å². The molecule has 0 fully saturated rings. The maximum atomic E-state index is 14.6. The van der Waals surface area contributed by atoms with E-state index in [4.69, 9.17) is 8.92 Å². The first-order valence-corrected chi connectivity index (χ1v) is 13.6. The lowest BCUT2D eigenvalue weighted by molar-refractivity contribution is 0.0242. The van der Waals surface area contributed by atoms with Crippen molar-refractivity contribution in [1.82, 2.24) is 4.90 Å². The van der Waals surface area contributed by atoms with E-state index in [0.717, 1.165) is 23.8 Å². The van der Waals surface area contributed by atoms with Crippen LogP contribution in [0, 0.1) is 11.6 Å². The average molecular weight is 492 g/mol. The van der Waals surface area contributed by atoms with Crippen molar-refractivity contribution in [3.63, 3.8) is 0 Å². The molecule has 34 heavy (non-hydrogen) atoms. The van der Waals surface area contributed by atoms with Gasteiger partial charge >= 0.3 is 6.09 Å². The van der Waals surface area contributed by atoms with Gasteiger partial charge in [-0.25, -0.2) is 13.6 Å². The summed E-state index contributed by atoms with van der Waals surface area (Å²) in [5.74, 6) is -0.368. The van der Waals surface area contributed by atoms with Crippen molar-refractivity contribution in [2.45, 2.75) is 57.9 Å². The quantitative estimate of drug-likeness (QED) is 0.445. The molecule has 0 radical (unpaired) electrons. The molecule has 1 atom stereocenters. The van der Waals surface area contributed by atoms with Gasteiger partial charge in [-0.15, -0.1) is 0 Å². The summed E-state index contributed by atoms with van der Waals surface area (Å²) in [6.07, 6.45) is 5.51. The van der Waals surface area contributed by atoms with E-state index in [1.54, 1.807) is 26.8 Å². The SMILES string of the molecule is CC(C)(C)OC(=O)N1CC(c2cc(F)ccc2F)=CC1c1cccc(OS(C)(C)C(C)(C)C)c1. The monoisotopic (exact) mass is 491 g/mol. The number of hydrogen-bond acceptors (Lipinski definition) is 3. The molecule has 0 saturated carbocycles. The molecule has 1 heterocycles. The maximum Gasteiger partial charge on any atom is 0.411 e. The molecule has 0 aromatic heterocycles. The first kappa shape index (κ1) is 26.1. The third-order valence-electron chi connectivity index (χ3n) is 5.92. The second-order valence-electron chi connectivity index (χ2n) is 10.9. The summed E-state index contributed by atoms with van der Waals surface area (Å²) in [5.41, 5.74) is 0.778. The van der Waals surface area contributed by atoms with Gasteiger partial charge in [0.1, 0.15) is 23.0 Å². The Morgan fingerprint density at radius 1 is 1.03 bits per heavy atom. The van der Waals surface area contributed by atoms with Gasteiger partial charge in [-0.2, -0.15) is 0 Å². The first-order valence-electron chi connectivity index (χ1n) is 11.3. The minimum atomic E-state index is -1.42. The molecule has 0 N–H and O–H groups in total. The van der Waals surface area contributed by atoms with Crippen LogP contribution in [0.1, 0.15) is 58.7 Å². The van der Waals surface area contributed by atoms with Gasteiger partial charge in [-0.1, -0.05) is 28.5 Å². The van der Waals surface area contributed by atoms with Crippen molar-refractivity contribution < 1.29 is 22.5 Å². The summed E-state index contributed by atoms with van der Waals surface area (Å²) in [6.45, 7) is 11.9. The highest BCUT2D eigenvalue weighted by atomic mass is 32.3. The predicted octanol–water partition coefficient (Wildman–Crippen LogP) is 7.50. The fraction of sp³-hybridized carbons (Fsp3) is 0.444. The fourth-order valence-corrected chi connectivity index (χ4v) is 4.26. The fourth-order valence-electron chi connectivity index (χ4n) is 3.42. The first-order chi connectivity index (χ1) is 15.6. The highest BCUT2D eigenvalue weighted by molar-refractivity contribution is 8.30. The Morgan fingerprint density at radius 2 is 1.71 bits per heavy atom. The van der Waals surface area contributed by atoms with Crippen LogP contribution in [0.3, 0.4) is 0 Å². The van der Waals surface area contributed by atoms with E-state index < -0.39 is 39.7 Å². The van der Waals surface area contributed by atoms with E-state index in [1.807, 2.05) is 24.3 Å². The van der Waals surface area contributed by atoms with Crippen LogP contribution in [-0.4, -0.2) is 40.4 Å². The summed E-state index contributed by atoms with van der Waals surface area (Å²) >= 11 is 0. The van der Waals surface area contributed by atoms with Crippen molar-refractivity contribution in [1.29, 1.82) is 0 Å². The van der Waals surface area contributed by atoms with Gasteiger partial charge in [-0.3, -0.25) is 4.90 Å². The number of halogens is 2. The second kappa shape index (κ2) is 9.25. The van der Waals surface area contributed by atoms with Crippen molar-refractivity contribution in [2.24, 2.45) is 0 Å². The highest BCUT2D eigenvalue weighted by Crippen LogP contribution is 2.53. The molecule has 7 heteroatoms. The van der Waals surface area contributed by atoms with E-state index in [2.05, 4.69) is 33.3 Å². The number of carbonyl (C=O) groups is 1. The number of benzene rings is 2. The third-order valence-corrected chi connectivity index (χ3v) is 9.48. The molecule has 0 aliphatic carbocycles. The van der Waals surface area contributed by atoms with Crippen LogP contribution >= 0.6 is 10.3 Å². The topological polar surface area (TPSA) is 38.8 Å². The van der Waals surface area contributed by atoms with Gasteiger partial charge in [0, 0.05) is 10.3 Å². The standard InChI is InChI=1S/C27H35F2NO3S/c1-26(2,3)32-25(31)30-17-19(22-16-20(28)12-13-23(22)29)15-24(30)18-10-9-11-21(14-18)33-34(7,8)27(4,5)6/h9-16,24H,17H2,1-8H3. The molecule has 3 rings (SSSR count). The van der Waals surface area contributed by atoms with E-state index in [9.17, 15) is 13.6 Å². The normalized spacial score (nSPS) is 17.4. The number of rotatable bonds is 4. The van der Waals surface area contributed by atoms with Gasteiger partial charge in [-0.05, 0) is 95.5 Å². The van der Waals surface area contributed by atoms with Crippen LogP contribution < -0.4 is 4.18 Å². The van der Waals surface area contributed by atoms with Crippen molar-refractivity contribution in [3.05, 3.63) is 71.3 Å². The Labute approximate surface area is 203 Å². The zero-order valence-electron chi connectivity index (χ0n) is 21.2. The summed E-state index contributed by atoms with van der Waals surface area (Å²) in [6, 6.07) is 10.4. The van der Waals surface area contributed by atoms with Gasteiger partial charge in [0.25, 0.3) is 0 Å². The largest absolute Gasteiger partial charge is 0.449 e. The molecule has 2 aromatic rings. The van der Waals surface area contributed by atoms with Crippen LogP contribution in [-0.2, 0) is 4.74 Å². The van der Waals surface area contributed by atoms with E-state index >= 15 is 0 Å². The molecule has 186 valence electrons. The minimum Gasteiger partial charge on any atom is -0.449 e. The number of ether oxygens (including phenoxy) is 1. The molecule has 1 unspecified atom stereocenters. The van der Waals surface area contributed by atoms with Crippen molar-refractivity contribution >= 4 is 22.0 Å². The van der Waals surface area contributed by atoms with Crippen LogP contribution in [0.25, 0.3) is 5.57 Å². The smallest absolute Gasteiger partial charge is 0.411 e. The molecule has 1 amide bonds. The number of hydrogen-bond donors (Lipinski definition) is 0. The Bertz CT molecular complexity index is 1100. The lowest BCUT2D eigenvalue weighted by Crippen LogP contribution is -2.37. The molecular formula is C27H35F2NO3S. The highest BCUT2D eigenvalue weighted by Gasteiger charge is 2.35. The summed E-state index contributed by atoms with van der Waals surface area (Å²) in [7, 11) is -1.42. The molecule has 1 aliphatic rings. The van der Waals surface area contributed by atoms with Crippen LogP contribution in [0.5, 0.6) is 5.75 Å². The van der Waals surface area contributed by atoms with Crippen LogP contribution in [0.2, 0.25) is 0 Å². The van der Waals surface area contributed by atoms with Crippen LogP contribution in [0.4, 0.5) is 13.6 Å². The number of amides is 1. The van der Waals surface area contributed by atoms with E-state index in [-0.39, 0.29) is 16.9 Å². The lowest BCUT2D eigenvalue weighted by atomic mass is 10.0. The molecule has 0 bridgehead atoms. The molecular weight excluding hydrogens is 456 g/mol. The second-order valence-corrected chi connectivity index (χ2v) is 14.7. The van der Waals surface area contributed by atoms with Gasteiger partial charge in [0.2, 0.25) is 0 Å². The minimum absolute atomic E-state index is 0.0269. The predicted molar refractivity (Wildman–Crippen MR) is 136 cm³/mol. The van der Waals surface area contributed by atoms with Gasteiger partial charge in [0.05, 0.1) is 12.6 Å². The number of carbonyl (C=O) groups excluding carboxylic acids is 1. The van der Waals surface area contributed by atoms with E-state index in [1.165, 1.54) is 4.90 Å². The Kier molecular flexibility index (Phi) is 7.09. The summed E-state index contributed by atoms with van der Waals surface area (Å²) in [5, 5.41) is 0. The molecule has 1 aliphatic heterocycles. The van der Waals surface area contributed by atoms with Gasteiger partial charge in [0.15, 0.2) is 0 Å². The Balaban J connectivity index is 2.01. The summed E-state index contributed by atoms with van der Waals surface area (Å²) < 4.78 is 40.5. The maximum absolute atomic E-state index is 14.6. The number of nitrogens with zero attached hydrogens (tertiary/aromatic N) is 1. The van der Waals surface area contributed by atoms with Crippen molar-refractivity contribution in [2.75, 3.05) is 19.1 Å². The lowest BCUT2D eigenvalue weighted by Gasteiger charge is -2.43. The Hall–Kier alpha value is -2.54. The molecule has 0 saturated heterocycles. The third kappa shape index (κ3) is 5.93. The zero-order valence-corrected chi connectivity index (χ0v) is 22.1. The summed E-state index contributed by atoms with van der Waals surface area (Å²) in [4.78, 5) is 14.6. The van der Waals surface area contributed by atoms with Crippen LogP contribution in [0.15, 0.2) is 48.5 Å². The zero-order chi connectivity index (χ0) is 25.5.